The maximum atomic E-state index is 12.2. The molecule has 1 fully saturated rings. The molecule has 5 heteroatoms. The van der Waals surface area contributed by atoms with Gasteiger partial charge in [0, 0.05) is 31.0 Å². The van der Waals surface area contributed by atoms with Crippen molar-refractivity contribution in [3.05, 3.63) is 35.4 Å². The number of nitrogens with zero attached hydrogens (tertiary/aromatic N) is 1. The van der Waals surface area contributed by atoms with Crippen molar-refractivity contribution in [2.45, 2.75) is 45.1 Å². The van der Waals surface area contributed by atoms with Crippen LogP contribution in [0, 0.1) is 6.92 Å². The van der Waals surface area contributed by atoms with Crippen molar-refractivity contribution in [1.29, 1.82) is 0 Å². The molecule has 0 unspecified atom stereocenters. The second-order valence-corrected chi connectivity index (χ2v) is 5.75. The van der Waals surface area contributed by atoms with Gasteiger partial charge in [-0.1, -0.05) is 29.8 Å². The van der Waals surface area contributed by atoms with Gasteiger partial charge in [-0.15, -0.1) is 0 Å². The summed E-state index contributed by atoms with van der Waals surface area (Å²) in [6.07, 6.45) is 2.11. The predicted molar refractivity (Wildman–Crippen MR) is 81.7 cm³/mol. The molecule has 1 saturated carbocycles. The summed E-state index contributed by atoms with van der Waals surface area (Å²) in [7, 11) is 0. The predicted octanol–water partition coefficient (Wildman–Crippen LogP) is 2.42. The molecule has 5 nitrogen and oxygen atoms in total. The second kappa shape index (κ2) is 7.20. The number of carboxylic acid groups (broad SMARTS) is 1. The van der Waals surface area contributed by atoms with Crippen LogP contribution in [-0.2, 0) is 9.59 Å². The Labute approximate surface area is 129 Å². The summed E-state index contributed by atoms with van der Waals surface area (Å²) < 4.78 is 0. The largest absolute Gasteiger partial charge is 0.481 e. The average molecular weight is 303 g/mol. The third-order valence-corrected chi connectivity index (χ3v) is 3.81. The molecule has 1 aromatic carbocycles. The van der Waals surface area contributed by atoms with Gasteiger partial charge in [-0.05, 0) is 19.8 Å². The normalized spacial score (nSPS) is 13.7. The SMILES string of the molecule is Cc1ccc(C(=O)CCC(=O)N(CCC(=O)O)C2CC2)cc1. The first kappa shape index (κ1) is 16.2. The van der Waals surface area contributed by atoms with Crippen LogP contribution in [0.15, 0.2) is 24.3 Å². The quantitative estimate of drug-likeness (QED) is 0.748. The minimum absolute atomic E-state index is 0.0475. The monoisotopic (exact) mass is 303 g/mol. The average Bonchev–Trinajstić information content (AvgIpc) is 3.30. The lowest BCUT2D eigenvalue weighted by atomic mass is 10.0. The third kappa shape index (κ3) is 4.69. The molecule has 22 heavy (non-hydrogen) atoms. The number of rotatable bonds is 8. The van der Waals surface area contributed by atoms with Gasteiger partial charge >= 0.3 is 5.97 Å². The number of aliphatic carboxylic acids is 1. The number of Topliss-reactive ketones (excluding diaryl/α,β-unsaturated/α-hetero) is 1. The highest BCUT2D eigenvalue weighted by atomic mass is 16.4. The van der Waals surface area contributed by atoms with Crippen molar-refractivity contribution in [3.8, 4) is 0 Å². The number of benzene rings is 1. The van der Waals surface area contributed by atoms with E-state index in [0.717, 1.165) is 18.4 Å². The topological polar surface area (TPSA) is 74.7 Å². The Morgan fingerprint density at radius 1 is 1.09 bits per heavy atom. The Morgan fingerprint density at radius 3 is 2.27 bits per heavy atom. The second-order valence-electron chi connectivity index (χ2n) is 5.75. The summed E-state index contributed by atoms with van der Waals surface area (Å²) in [4.78, 5) is 36.6. The van der Waals surface area contributed by atoms with Crippen LogP contribution in [0.2, 0.25) is 0 Å². The molecule has 0 saturated heterocycles. The molecule has 0 aliphatic heterocycles. The smallest absolute Gasteiger partial charge is 0.305 e. The highest BCUT2D eigenvalue weighted by Crippen LogP contribution is 2.27. The molecule has 0 aromatic heterocycles. The van der Waals surface area contributed by atoms with E-state index in [1.807, 2.05) is 19.1 Å². The summed E-state index contributed by atoms with van der Waals surface area (Å²) in [6.45, 7) is 2.19. The zero-order chi connectivity index (χ0) is 16.1. The van der Waals surface area contributed by atoms with Crippen molar-refractivity contribution in [2.24, 2.45) is 0 Å². The standard InChI is InChI=1S/C17H21NO4/c1-12-2-4-13(5-3-12)15(19)8-9-16(20)18(14-6-7-14)11-10-17(21)22/h2-5,14H,6-11H2,1H3,(H,21,22). The van der Waals surface area contributed by atoms with E-state index in [4.69, 9.17) is 5.11 Å². The number of hydrogen-bond acceptors (Lipinski definition) is 3. The molecule has 1 aliphatic carbocycles. The third-order valence-electron chi connectivity index (χ3n) is 3.81. The molecule has 0 heterocycles. The van der Waals surface area contributed by atoms with E-state index in [-0.39, 0.29) is 43.5 Å². The van der Waals surface area contributed by atoms with E-state index in [1.165, 1.54) is 0 Å². The van der Waals surface area contributed by atoms with Gasteiger partial charge in [0.25, 0.3) is 0 Å². The molecule has 1 aromatic rings. The van der Waals surface area contributed by atoms with E-state index in [1.54, 1.807) is 17.0 Å². The van der Waals surface area contributed by atoms with Gasteiger partial charge in [0.05, 0.1) is 6.42 Å². The van der Waals surface area contributed by atoms with Crippen LogP contribution in [0.5, 0.6) is 0 Å². The van der Waals surface area contributed by atoms with Crippen LogP contribution in [0.1, 0.15) is 48.0 Å². The van der Waals surface area contributed by atoms with Crippen molar-refractivity contribution in [1.82, 2.24) is 4.90 Å². The molecule has 0 spiro atoms. The van der Waals surface area contributed by atoms with Crippen molar-refractivity contribution in [3.63, 3.8) is 0 Å². The Morgan fingerprint density at radius 2 is 1.73 bits per heavy atom. The van der Waals surface area contributed by atoms with Crippen LogP contribution >= 0.6 is 0 Å². The number of amides is 1. The lowest BCUT2D eigenvalue weighted by Gasteiger charge is -2.21. The van der Waals surface area contributed by atoms with E-state index >= 15 is 0 Å². The number of hydrogen-bond donors (Lipinski definition) is 1. The minimum Gasteiger partial charge on any atom is -0.481 e. The van der Waals surface area contributed by atoms with Crippen LogP contribution in [0.3, 0.4) is 0 Å². The van der Waals surface area contributed by atoms with Gasteiger partial charge in [-0.25, -0.2) is 0 Å². The van der Waals surface area contributed by atoms with E-state index in [0.29, 0.717) is 5.56 Å². The lowest BCUT2D eigenvalue weighted by molar-refractivity contribution is -0.138. The first-order valence-electron chi connectivity index (χ1n) is 7.58. The number of aryl methyl sites for hydroxylation is 1. The Balaban J connectivity index is 1.86. The van der Waals surface area contributed by atoms with Gasteiger partial charge in [0.15, 0.2) is 5.78 Å². The Kier molecular flexibility index (Phi) is 5.31. The molecular formula is C17H21NO4. The highest BCUT2D eigenvalue weighted by Gasteiger charge is 2.32. The number of ketones is 1. The van der Waals surface area contributed by atoms with E-state index in [2.05, 4.69) is 0 Å². The van der Waals surface area contributed by atoms with Crippen LogP contribution in [-0.4, -0.2) is 40.3 Å². The van der Waals surface area contributed by atoms with E-state index in [9.17, 15) is 14.4 Å². The maximum Gasteiger partial charge on any atom is 0.305 e. The molecule has 1 aliphatic rings. The number of carbonyl (C=O) groups excluding carboxylic acids is 2. The molecule has 1 N–H and O–H groups in total. The summed E-state index contributed by atoms with van der Waals surface area (Å²) >= 11 is 0. The summed E-state index contributed by atoms with van der Waals surface area (Å²) in [5, 5.41) is 8.74. The van der Waals surface area contributed by atoms with Crippen molar-refractivity contribution >= 4 is 17.7 Å². The number of carboxylic acids is 1. The lowest BCUT2D eigenvalue weighted by Crippen LogP contribution is -2.35. The van der Waals surface area contributed by atoms with Crippen molar-refractivity contribution < 1.29 is 19.5 Å². The molecule has 1 amide bonds. The minimum atomic E-state index is -0.908. The van der Waals surface area contributed by atoms with Crippen LogP contribution in [0.25, 0.3) is 0 Å². The summed E-state index contributed by atoms with van der Waals surface area (Å²) in [6, 6.07) is 7.45. The van der Waals surface area contributed by atoms with E-state index < -0.39 is 5.97 Å². The maximum absolute atomic E-state index is 12.2. The zero-order valence-electron chi connectivity index (χ0n) is 12.7. The van der Waals surface area contributed by atoms with Crippen molar-refractivity contribution in [2.75, 3.05) is 6.54 Å². The van der Waals surface area contributed by atoms with Gasteiger partial charge in [0.2, 0.25) is 5.91 Å². The van der Waals surface area contributed by atoms with Gasteiger partial charge < -0.3 is 10.0 Å². The first-order valence-corrected chi connectivity index (χ1v) is 7.58. The van der Waals surface area contributed by atoms with Gasteiger partial charge in [0.1, 0.15) is 0 Å². The molecule has 118 valence electrons. The highest BCUT2D eigenvalue weighted by molar-refractivity contribution is 5.98. The summed E-state index contributed by atoms with van der Waals surface area (Å²) in [5.74, 6) is -1.08. The fourth-order valence-corrected chi connectivity index (χ4v) is 2.36. The molecule has 2 rings (SSSR count). The Hall–Kier alpha value is -2.17. The summed E-state index contributed by atoms with van der Waals surface area (Å²) in [5.41, 5.74) is 1.70. The Bertz CT molecular complexity index is 561. The molecule has 0 atom stereocenters. The van der Waals surface area contributed by atoms with Crippen LogP contribution < -0.4 is 0 Å². The van der Waals surface area contributed by atoms with Gasteiger partial charge in [-0.3, -0.25) is 14.4 Å². The molecule has 0 bridgehead atoms. The first-order chi connectivity index (χ1) is 10.5. The zero-order valence-corrected chi connectivity index (χ0v) is 12.7. The van der Waals surface area contributed by atoms with Crippen LogP contribution in [0.4, 0.5) is 0 Å². The molecular weight excluding hydrogens is 282 g/mol. The number of carbonyl (C=O) groups is 3. The fourth-order valence-electron chi connectivity index (χ4n) is 2.36. The van der Waals surface area contributed by atoms with Gasteiger partial charge in [-0.2, -0.15) is 0 Å². The molecule has 0 radical (unpaired) electrons. The fraction of sp³-hybridized carbons (Fsp3) is 0.471.